The van der Waals surface area contributed by atoms with Gasteiger partial charge in [-0.1, -0.05) is 38.5 Å². The number of ether oxygens (including phenoxy) is 1. The predicted octanol–water partition coefficient (Wildman–Crippen LogP) is 5.02. The quantitative estimate of drug-likeness (QED) is 0.520. The molecular weight excluding hydrogens is 468 g/mol. The van der Waals surface area contributed by atoms with Crippen LogP contribution in [-0.4, -0.2) is 69.4 Å². The van der Waals surface area contributed by atoms with E-state index in [-0.39, 0.29) is 29.2 Å². The summed E-state index contributed by atoms with van der Waals surface area (Å²) in [6.07, 6.45) is 0.286. The second-order valence-electron chi connectivity index (χ2n) is 12.3. The summed E-state index contributed by atoms with van der Waals surface area (Å²) in [4.78, 5) is 15.2. The molecule has 0 radical (unpaired) electrons. The van der Waals surface area contributed by atoms with E-state index < -0.39 is 23.9 Å². The van der Waals surface area contributed by atoms with Gasteiger partial charge >= 0.3 is 6.09 Å². The highest BCUT2D eigenvalue weighted by Crippen LogP contribution is 2.41. The zero-order chi connectivity index (χ0) is 25.7. The number of rotatable bonds is 5. The smallest absolute Gasteiger partial charge is 0.410 e. The van der Waals surface area contributed by atoms with Crippen molar-refractivity contribution >= 4 is 24.4 Å². The van der Waals surface area contributed by atoms with Crippen LogP contribution in [0.25, 0.3) is 0 Å². The molecule has 9 heteroatoms. The lowest BCUT2D eigenvalue weighted by molar-refractivity contribution is 0.00877. The Hall–Kier alpha value is -1.42. The first-order valence-corrected chi connectivity index (χ1v) is 16.5. The van der Waals surface area contributed by atoms with E-state index in [1.54, 1.807) is 17.0 Å². The van der Waals surface area contributed by atoms with Crippen LogP contribution >= 0.6 is 0 Å². The van der Waals surface area contributed by atoms with Gasteiger partial charge in [-0.25, -0.2) is 13.2 Å². The van der Waals surface area contributed by atoms with Crippen molar-refractivity contribution in [3.8, 4) is 0 Å². The summed E-state index contributed by atoms with van der Waals surface area (Å²) in [6.45, 7) is 19.8. The van der Waals surface area contributed by atoms with E-state index in [2.05, 4.69) is 33.9 Å². The number of benzene rings is 1. The largest absolute Gasteiger partial charge is 0.444 e. The summed E-state index contributed by atoms with van der Waals surface area (Å²) >= 11 is 0. The van der Waals surface area contributed by atoms with Crippen molar-refractivity contribution in [2.24, 2.45) is 5.92 Å². The first kappa shape index (κ1) is 27.2. The van der Waals surface area contributed by atoms with Gasteiger partial charge in [-0.2, -0.15) is 4.31 Å². The van der Waals surface area contributed by atoms with E-state index in [0.717, 1.165) is 5.56 Å². The van der Waals surface area contributed by atoms with Gasteiger partial charge in [0, 0.05) is 31.6 Å². The molecule has 0 aliphatic carbocycles. The molecule has 0 N–H and O–H groups in total. The van der Waals surface area contributed by atoms with Gasteiger partial charge in [0.1, 0.15) is 5.60 Å². The number of carbonyl (C=O) groups is 1. The lowest BCUT2D eigenvalue weighted by Crippen LogP contribution is -2.57. The Morgan fingerprint density at radius 2 is 1.56 bits per heavy atom. The maximum atomic E-state index is 13.1. The second kappa shape index (κ2) is 9.22. The zero-order valence-corrected chi connectivity index (χ0v) is 24.0. The Balaban J connectivity index is 1.75. The third-order valence-corrected chi connectivity index (χ3v) is 13.7. The normalized spacial score (nSPS) is 23.1. The fraction of sp³-hybridized carbons (Fsp3) is 0.720. The Bertz CT molecular complexity index is 990. The molecule has 1 aromatic rings. The van der Waals surface area contributed by atoms with Crippen molar-refractivity contribution in [1.82, 2.24) is 9.21 Å². The number of aryl methyl sites for hydroxylation is 1. The summed E-state index contributed by atoms with van der Waals surface area (Å²) in [5.41, 5.74) is 0.424. The summed E-state index contributed by atoms with van der Waals surface area (Å²) in [5, 5.41) is 0.0667. The zero-order valence-electron chi connectivity index (χ0n) is 22.2. The van der Waals surface area contributed by atoms with Crippen molar-refractivity contribution in [3.05, 3.63) is 29.8 Å². The van der Waals surface area contributed by atoms with Gasteiger partial charge in [0.25, 0.3) is 0 Å². The maximum Gasteiger partial charge on any atom is 0.410 e. The average Bonchev–Trinajstić information content (AvgIpc) is 3.01. The molecule has 2 aliphatic heterocycles. The van der Waals surface area contributed by atoms with Crippen LogP contribution in [-0.2, 0) is 19.2 Å². The van der Waals surface area contributed by atoms with Crippen LogP contribution in [0.4, 0.5) is 4.79 Å². The Morgan fingerprint density at radius 3 is 2.06 bits per heavy atom. The van der Waals surface area contributed by atoms with Gasteiger partial charge in [-0.3, -0.25) is 0 Å². The molecule has 2 fully saturated rings. The number of likely N-dealkylation sites (tertiary alicyclic amines) is 1. The number of hydrogen-bond acceptors (Lipinski definition) is 5. The number of hydrogen-bond donors (Lipinski definition) is 0. The highest BCUT2D eigenvalue weighted by Gasteiger charge is 2.50. The topological polar surface area (TPSA) is 76.2 Å². The van der Waals surface area contributed by atoms with Crippen molar-refractivity contribution < 1.29 is 22.4 Å². The minimum absolute atomic E-state index is 0.0563. The first-order chi connectivity index (χ1) is 15.4. The number of nitrogens with zero attached hydrogens (tertiary/aromatic N) is 2. The third-order valence-electron chi connectivity index (χ3n) is 7.28. The van der Waals surface area contributed by atoms with Crippen LogP contribution in [0.15, 0.2) is 29.2 Å². The molecule has 0 saturated carbocycles. The molecule has 1 aromatic carbocycles. The van der Waals surface area contributed by atoms with Gasteiger partial charge in [-0.15, -0.1) is 0 Å². The third kappa shape index (κ3) is 5.86. The van der Waals surface area contributed by atoms with Gasteiger partial charge < -0.3 is 14.1 Å². The fourth-order valence-corrected chi connectivity index (χ4v) is 7.16. The van der Waals surface area contributed by atoms with Crippen LogP contribution in [0.2, 0.25) is 18.1 Å². The average molecular weight is 511 g/mol. The number of carbonyl (C=O) groups excluding carboxylic acids is 1. The Labute approximate surface area is 207 Å². The van der Waals surface area contributed by atoms with Gasteiger partial charge in [0.05, 0.1) is 11.0 Å². The molecular formula is C25H42N2O5SSi. The van der Waals surface area contributed by atoms with Crippen LogP contribution in [0.3, 0.4) is 0 Å². The molecule has 2 saturated heterocycles. The Morgan fingerprint density at radius 1 is 1.00 bits per heavy atom. The standard InChI is InChI=1S/C25H42N2O5SSi/c1-18-10-12-21(13-11-18)33(29,30)26-15-19(16-26)22-14-20(32-34(8,9)25(5,6)7)17-27(22)23(28)31-24(2,3)4/h10-13,19-20,22H,14-17H2,1-9H3/t20-,22+/m1/s1. The highest BCUT2D eigenvalue weighted by atomic mass is 32.2. The molecule has 1 amide bonds. The molecule has 7 nitrogen and oxygen atoms in total. The molecule has 3 rings (SSSR count). The fourth-order valence-electron chi connectivity index (χ4n) is 4.25. The predicted molar refractivity (Wildman–Crippen MR) is 137 cm³/mol. The van der Waals surface area contributed by atoms with E-state index in [1.165, 1.54) is 4.31 Å². The summed E-state index contributed by atoms with van der Waals surface area (Å²) in [7, 11) is -5.55. The molecule has 2 aliphatic rings. The molecule has 192 valence electrons. The van der Waals surface area contributed by atoms with Crippen LogP contribution in [0, 0.1) is 12.8 Å². The van der Waals surface area contributed by atoms with E-state index in [0.29, 0.717) is 31.0 Å². The van der Waals surface area contributed by atoms with E-state index >= 15 is 0 Å². The summed E-state index contributed by atoms with van der Waals surface area (Å²) < 4.78 is 40.0. The SMILES string of the molecule is Cc1ccc(S(=O)(=O)N2CC([C@@H]3C[C@@H](O[Si](C)(C)C(C)(C)C)CN3C(=O)OC(C)(C)C)C2)cc1. The van der Waals surface area contributed by atoms with Crippen LogP contribution in [0.1, 0.15) is 53.5 Å². The van der Waals surface area contributed by atoms with Gasteiger partial charge in [0.15, 0.2) is 8.32 Å². The number of amides is 1. The molecule has 0 unspecified atom stereocenters. The number of sulfonamides is 1. The molecule has 34 heavy (non-hydrogen) atoms. The van der Waals surface area contributed by atoms with E-state index in [9.17, 15) is 13.2 Å². The van der Waals surface area contributed by atoms with E-state index in [1.807, 2.05) is 39.8 Å². The summed E-state index contributed by atoms with van der Waals surface area (Å²) in [5.74, 6) is 0.0563. The minimum atomic E-state index is -3.54. The second-order valence-corrected chi connectivity index (χ2v) is 19.0. The minimum Gasteiger partial charge on any atom is -0.444 e. The molecule has 2 heterocycles. The van der Waals surface area contributed by atoms with E-state index in [4.69, 9.17) is 9.16 Å². The van der Waals surface area contributed by atoms with Crippen molar-refractivity contribution in [1.29, 1.82) is 0 Å². The van der Waals surface area contributed by atoms with Crippen molar-refractivity contribution in [2.45, 2.75) is 95.7 Å². The van der Waals surface area contributed by atoms with Gasteiger partial charge in [0.2, 0.25) is 10.0 Å². The van der Waals surface area contributed by atoms with Crippen molar-refractivity contribution in [3.63, 3.8) is 0 Å². The van der Waals surface area contributed by atoms with Crippen molar-refractivity contribution in [2.75, 3.05) is 19.6 Å². The van der Waals surface area contributed by atoms with Gasteiger partial charge in [-0.05, 0) is 64.4 Å². The molecule has 0 bridgehead atoms. The first-order valence-electron chi connectivity index (χ1n) is 12.1. The lowest BCUT2D eigenvalue weighted by atomic mass is 9.92. The lowest BCUT2D eigenvalue weighted by Gasteiger charge is -2.43. The highest BCUT2D eigenvalue weighted by molar-refractivity contribution is 7.89. The summed E-state index contributed by atoms with van der Waals surface area (Å²) in [6, 6.07) is 6.84. The monoisotopic (exact) mass is 510 g/mol. The molecule has 0 spiro atoms. The van der Waals surface area contributed by atoms with Crippen LogP contribution < -0.4 is 0 Å². The van der Waals surface area contributed by atoms with Crippen LogP contribution in [0.5, 0.6) is 0 Å². The maximum absolute atomic E-state index is 13.1. The Kier molecular flexibility index (Phi) is 7.37. The molecule has 2 atom stereocenters. The molecule has 0 aromatic heterocycles.